The van der Waals surface area contributed by atoms with E-state index in [4.69, 9.17) is 5.11 Å². The normalized spacial score (nSPS) is 21.2. The first kappa shape index (κ1) is 16.5. The number of rotatable bonds is 3. The lowest BCUT2D eigenvalue weighted by molar-refractivity contribution is -0.147. The van der Waals surface area contributed by atoms with E-state index in [1.165, 1.54) is 4.90 Å². The largest absolute Gasteiger partial charge is 0.481 e. The maximum Gasteiger partial charge on any atom is 0.308 e. The third-order valence-electron chi connectivity index (χ3n) is 3.48. The van der Waals surface area contributed by atoms with Crippen LogP contribution in [0.25, 0.3) is 0 Å². The lowest BCUT2D eigenvalue weighted by Gasteiger charge is -2.33. The highest BCUT2D eigenvalue weighted by Gasteiger charge is 2.32. The van der Waals surface area contributed by atoms with Gasteiger partial charge in [-0.25, -0.2) is 0 Å². The van der Waals surface area contributed by atoms with Crippen molar-refractivity contribution in [1.29, 1.82) is 0 Å². The Morgan fingerprint density at radius 3 is 2.40 bits per heavy atom. The van der Waals surface area contributed by atoms with Crippen LogP contribution in [-0.2, 0) is 14.4 Å². The Morgan fingerprint density at radius 1 is 1.30 bits per heavy atom. The van der Waals surface area contributed by atoms with Crippen LogP contribution in [0.15, 0.2) is 0 Å². The standard InChI is InChI=1S/C14H24N2O4/c1-9(15-13(20)14(2,3)4)11(17)16-7-5-6-10(8-16)12(18)19/h9-10H,5-8H2,1-4H3,(H,15,20)(H,18,19)/t9?,10-/m1/s1. The molecule has 1 aliphatic heterocycles. The number of hydrogen-bond acceptors (Lipinski definition) is 3. The number of carboxylic acids is 1. The second-order valence-corrected chi connectivity index (χ2v) is 6.41. The molecule has 0 radical (unpaired) electrons. The summed E-state index contributed by atoms with van der Waals surface area (Å²) in [5.74, 6) is -1.77. The van der Waals surface area contributed by atoms with Crippen molar-refractivity contribution in [3.63, 3.8) is 0 Å². The number of carbonyl (C=O) groups is 3. The average molecular weight is 284 g/mol. The third-order valence-corrected chi connectivity index (χ3v) is 3.48. The summed E-state index contributed by atoms with van der Waals surface area (Å²) < 4.78 is 0. The van der Waals surface area contributed by atoms with E-state index in [2.05, 4.69) is 5.32 Å². The minimum atomic E-state index is -0.867. The van der Waals surface area contributed by atoms with Crippen LogP contribution in [0.3, 0.4) is 0 Å². The number of nitrogens with zero attached hydrogens (tertiary/aromatic N) is 1. The van der Waals surface area contributed by atoms with Gasteiger partial charge in [0.2, 0.25) is 11.8 Å². The quantitative estimate of drug-likeness (QED) is 0.804. The van der Waals surface area contributed by atoms with Crippen molar-refractivity contribution < 1.29 is 19.5 Å². The number of likely N-dealkylation sites (tertiary alicyclic amines) is 1. The van der Waals surface area contributed by atoms with E-state index in [1.807, 2.05) is 0 Å². The molecule has 1 heterocycles. The Labute approximate surface area is 119 Å². The summed E-state index contributed by atoms with van der Waals surface area (Å²) in [5, 5.41) is 11.7. The molecule has 0 aromatic carbocycles. The van der Waals surface area contributed by atoms with Crippen molar-refractivity contribution in [3.8, 4) is 0 Å². The Balaban J connectivity index is 2.60. The van der Waals surface area contributed by atoms with E-state index in [-0.39, 0.29) is 18.4 Å². The number of carboxylic acid groups (broad SMARTS) is 1. The van der Waals surface area contributed by atoms with Gasteiger partial charge in [-0.1, -0.05) is 20.8 Å². The van der Waals surface area contributed by atoms with Gasteiger partial charge >= 0.3 is 5.97 Å². The molecule has 1 saturated heterocycles. The van der Waals surface area contributed by atoms with Gasteiger partial charge in [0.25, 0.3) is 0 Å². The molecule has 1 fully saturated rings. The highest BCUT2D eigenvalue weighted by molar-refractivity contribution is 5.89. The van der Waals surface area contributed by atoms with Crippen LogP contribution in [0.5, 0.6) is 0 Å². The molecule has 0 spiro atoms. The predicted molar refractivity (Wildman–Crippen MR) is 74.0 cm³/mol. The van der Waals surface area contributed by atoms with Crippen LogP contribution in [0.1, 0.15) is 40.5 Å². The predicted octanol–water partition coefficient (Wildman–Crippen LogP) is 0.860. The van der Waals surface area contributed by atoms with Gasteiger partial charge in [0.05, 0.1) is 5.92 Å². The molecular formula is C14H24N2O4. The molecule has 114 valence electrons. The molecular weight excluding hydrogens is 260 g/mol. The van der Waals surface area contributed by atoms with Crippen molar-refractivity contribution in [2.45, 2.75) is 46.6 Å². The zero-order valence-corrected chi connectivity index (χ0v) is 12.6. The van der Waals surface area contributed by atoms with E-state index in [1.54, 1.807) is 27.7 Å². The highest BCUT2D eigenvalue weighted by atomic mass is 16.4. The van der Waals surface area contributed by atoms with Crippen molar-refractivity contribution in [1.82, 2.24) is 10.2 Å². The summed E-state index contributed by atoms with van der Waals surface area (Å²) in [5.41, 5.74) is -0.556. The molecule has 2 amide bonds. The summed E-state index contributed by atoms with van der Waals surface area (Å²) in [6.07, 6.45) is 1.28. The number of aliphatic carboxylic acids is 1. The molecule has 20 heavy (non-hydrogen) atoms. The van der Waals surface area contributed by atoms with Gasteiger partial charge in [-0.05, 0) is 19.8 Å². The molecule has 0 saturated carbocycles. The van der Waals surface area contributed by atoms with E-state index in [0.717, 1.165) is 0 Å². The second kappa shape index (κ2) is 6.24. The molecule has 1 rings (SSSR count). The Morgan fingerprint density at radius 2 is 1.90 bits per heavy atom. The summed E-state index contributed by atoms with van der Waals surface area (Å²) in [6.45, 7) is 7.75. The zero-order valence-electron chi connectivity index (χ0n) is 12.6. The van der Waals surface area contributed by atoms with Gasteiger partial charge in [0.1, 0.15) is 6.04 Å². The van der Waals surface area contributed by atoms with Crippen LogP contribution >= 0.6 is 0 Å². The van der Waals surface area contributed by atoms with Gasteiger partial charge < -0.3 is 15.3 Å². The zero-order chi connectivity index (χ0) is 15.5. The van der Waals surface area contributed by atoms with Gasteiger partial charge in [-0.3, -0.25) is 14.4 Å². The van der Waals surface area contributed by atoms with Crippen molar-refractivity contribution >= 4 is 17.8 Å². The van der Waals surface area contributed by atoms with E-state index in [0.29, 0.717) is 19.4 Å². The summed E-state index contributed by atoms with van der Waals surface area (Å²) >= 11 is 0. The van der Waals surface area contributed by atoms with Gasteiger partial charge in [-0.2, -0.15) is 0 Å². The van der Waals surface area contributed by atoms with Crippen LogP contribution in [-0.4, -0.2) is 46.9 Å². The SMILES string of the molecule is CC(NC(=O)C(C)(C)C)C(=O)N1CCC[C@@H](C(=O)O)C1. The third kappa shape index (κ3) is 4.21. The molecule has 1 aliphatic rings. The number of hydrogen-bond donors (Lipinski definition) is 2. The van der Waals surface area contributed by atoms with E-state index in [9.17, 15) is 14.4 Å². The minimum absolute atomic E-state index is 0.190. The smallest absolute Gasteiger partial charge is 0.308 e. The Bertz CT molecular complexity index is 400. The second-order valence-electron chi connectivity index (χ2n) is 6.41. The first-order valence-electron chi connectivity index (χ1n) is 6.95. The van der Waals surface area contributed by atoms with Crippen LogP contribution in [0.2, 0.25) is 0 Å². The lowest BCUT2D eigenvalue weighted by Crippen LogP contribution is -2.52. The Kier molecular flexibility index (Phi) is 5.14. The average Bonchev–Trinajstić information content (AvgIpc) is 2.36. The summed E-state index contributed by atoms with van der Waals surface area (Å²) in [4.78, 5) is 36.6. The highest BCUT2D eigenvalue weighted by Crippen LogP contribution is 2.18. The van der Waals surface area contributed by atoms with Crippen LogP contribution < -0.4 is 5.32 Å². The lowest BCUT2D eigenvalue weighted by atomic mass is 9.95. The van der Waals surface area contributed by atoms with Gasteiger partial charge in [0, 0.05) is 18.5 Å². The Hall–Kier alpha value is -1.59. The number of nitrogens with one attached hydrogen (secondary N) is 1. The molecule has 1 unspecified atom stereocenters. The topological polar surface area (TPSA) is 86.7 Å². The summed E-state index contributed by atoms with van der Waals surface area (Å²) in [7, 11) is 0. The number of amides is 2. The molecule has 2 N–H and O–H groups in total. The van der Waals surface area contributed by atoms with E-state index < -0.39 is 23.3 Å². The minimum Gasteiger partial charge on any atom is -0.481 e. The fourth-order valence-corrected chi connectivity index (χ4v) is 2.13. The van der Waals surface area contributed by atoms with Crippen LogP contribution in [0.4, 0.5) is 0 Å². The summed E-state index contributed by atoms with van der Waals surface area (Å²) in [6, 6.07) is -0.630. The molecule has 0 bridgehead atoms. The number of piperidine rings is 1. The maximum atomic E-state index is 12.2. The number of carbonyl (C=O) groups excluding carboxylic acids is 2. The van der Waals surface area contributed by atoms with Crippen LogP contribution in [0, 0.1) is 11.3 Å². The van der Waals surface area contributed by atoms with Crippen molar-refractivity contribution in [3.05, 3.63) is 0 Å². The molecule has 6 nitrogen and oxygen atoms in total. The first-order valence-corrected chi connectivity index (χ1v) is 6.95. The molecule has 0 aromatic heterocycles. The monoisotopic (exact) mass is 284 g/mol. The van der Waals surface area contributed by atoms with Crippen molar-refractivity contribution in [2.75, 3.05) is 13.1 Å². The molecule has 0 aliphatic carbocycles. The first-order chi connectivity index (χ1) is 9.12. The molecule has 2 atom stereocenters. The fraction of sp³-hybridized carbons (Fsp3) is 0.786. The molecule has 0 aromatic rings. The maximum absolute atomic E-state index is 12.2. The van der Waals surface area contributed by atoms with Gasteiger partial charge in [-0.15, -0.1) is 0 Å². The molecule has 6 heteroatoms. The van der Waals surface area contributed by atoms with Gasteiger partial charge in [0.15, 0.2) is 0 Å². The van der Waals surface area contributed by atoms with Crippen molar-refractivity contribution in [2.24, 2.45) is 11.3 Å². The fourth-order valence-electron chi connectivity index (χ4n) is 2.13. The van der Waals surface area contributed by atoms with E-state index >= 15 is 0 Å².